The van der Waals surface area contributed by atoms with Crippen molar-refractivity contribution in [2.75, 3.05) is 5.32 Å². The van der Waals surface area contributed by atoms with Crippen LogP contribution in [-0.2, 0) is 34.7 Å². The molecule has 1 aromatic heterocycles. The lowest BCUT2D eigenvalue weighted by molar-refractivity contribution is 0.0308. The van der Waals surface area contributed by atoms with Crippen molar-refractivity contribution in [1.82, 2.24) is 9.29 Å². The average Bonchev–Trinajstić information content (AvgIpc) is 3.09. The molecular weight excluding hydrogens is 481 g/mol. The Labute approximate surface area is 201 Å². The molecule has 1 amide bonds. The smallest absolute Gasteiger partial charge is 0.272 e. The maximum atomic E-state index is 13.6. The van der Waals surface area contributed by atoms with Gasteiger partial charge >= 0.3 is 0 Å². The summed E-state index contributed by atoms with van der Waals surface area (Å²) in [5, 5.41) is 2.36. The lowest BCUT2D eigenvalue weighted by Crippen LogP contribution is -2.41. The first kappa shape index (κ1) is 25.0. The minimum atomic E-state index is -3.48. The number of nitrogens with one attached hydrogen (secondary N) is 3. The summed E-state index contributed by atoms with van der Waals surface area (Å²) in [6, 6.07) is 10.5. The summed E-state index contributed by atoms with van der Waals surface area (Å²) in [6.07, 6.45) is 1.82. The number of benzene rings is 2. The molecule has 0 saturated heterocycles. The van der Waals surface area contributed by atoms with Crippen LogP contribution in [0.1, 0.15) is 35.0 Å². The van der Waals surface area contributed by atoms with Crippen LogP contribution in [0.5, 0.6) is 0 Å². The van der Waals surface area contributed by atoms with Gasteiger partial charge in [0, 0.05) is 42.7 Å². The Morgan fingerprint density at radius 2 is 1.91 bits per heavy atom. The molecule has 0 spiro atoms. The number of carbonyl (C=O) groups excluding carboxylic acids is 1. The lowest BCUT2D eigenvalue weighted by Gasteiger charge is -2.24. The van der Waals surface area contributed by atoms with Gasteiger partial charge in [0.05, 0.1) is 17.6 Å². The Kier molecular flexibility index (Phi) is 7.02. The molecular formula is C24H25F3N4O3S. The second-order valence-electron chi connectivity index (χ2n) is 8.46. The Morgan fingerprint density at radius 1 is 1.26 bits per heavy atom. The highest BCUT2D eigenvalue weighted by Crippen LogP contribution is 2.30. The van der Waals surface area contributed by atoms with Gasteiger partial charge in [0.1, 0.15) is 15.6 Å². The molecule has 1 aliphatic rings. The van der Waals surface area contributed by atoms with Crippen molar-refractivity contribution in [3.63, 3.8) is 0 Å². The molecule has 0 aliphatic carbocycles. The minimum Gasteiger partial charge on any atom is -0.372 e. The van der Waals surface area contributed by atoms with Crippen molar-refractivity contribution in [3.8, 4) is 0 Å². The van der Waals surface area contributed by atoms with Crippen LogP contribution in [-0.4, -0.2) is 26.8 Å². The van der Waals surface area contributed by atoms with E-state index in [-0.39, 0.29) is 22.4 Å². The SMILES string of the molecule is C[C@@H](OCc1ccccc1)C1CCc2c(cn(C)c2C(=O)Nc2cc(F)c(F)c(F)c2)S(=N)(=O)N1. The molecule has 3 atom stereocenters. The third kappa shape index (κ3) is 5.26. The highest BCUT2D eigenvalue weighted by molar-refractivity contribution is 7.90. The van der Waals surface area contributed by atoms with Crippen LogP contribution >= 0.6 is 0 Å². The second-order valence-corrected chi connectivity index (χ2v) is 10.2. The fourth-order valence-electron chi connectivity index (χ4n) is 4.14. The summed E-state index contributed by atoms with van der Waals surface area (Å²) < 4.78 is 72.5. The van der Waals surface area contributed by atoms with Crippen molar-refractivity contribution in [1.29, 1.82) is 4.78 Å². The lowest BCUT2D eigenvalue weighted by atomic mass is 10.0. The average molecular weight is 507 g/mol. The third-order valence-corrected chi connectivity index (χ3v) is 7.56. The molecule has 2 aromatic carbocycles. The summed E-state index contributed by atoms with van der Waals surface area (Å²) in [5.74, 6) is -5.22. The standard InChI is InChI=1S/C24H25F3N4O3S/c1-14(34-13-15-6-4-3-5-7-15)20-9-8-17-21(35(28,33)30-20)12-31(2)23(17)24(32)29-16-10-18(25)22(27)19(26)11-16/h3-7,10-12,14,20H,8-9,13H2,1-2H3,(H,29,32)(H2,28,30,33)/t14-,20?,35?/m1/s1. The van der Waals surface area contributed by atoms with Crippen LogP contribution in [0.2, 0.25) is 0 Å². The normalized spacial score (nSPS) is 20.7. The minimum absolute atomic E-state index is 0.102. The number of anilines is 1. The van der Waals surface area contributed by atoms with Crippen molar-refractivity contribution in [3.05, 3.63) is 82.9 Å². The molecule has 2 unspecified atom stereocenters. The van der Waals surface area contributed by atoms with E-state index in [2.05, 4.69) is 10.0 Å². The zero-order valence-corrected chi connectivity index (χ0v) is 19.9. The van der Waals surface area contributed by atoms with E-state index in [1.54, 1.807) is 7.05 Å². The Balaban J connectivity index is 1.55. The Morgan fingerprint density at radius 3 is 2.57 bits per heavy atom. The first-order valence-electron chi connectivity index (χ1n) is 10.9. The molecule has 1 aliphatic heterocycles. The van der Waals surface area contributed by atoms with E-state index < -0.39 is 39.3 Å². The van der Waals surface area contributed by atoms with E-state index in [9.17, 15) is 22.2 Å². The number of fused-ring (bicyclic) bond motifs is 1. The molecule has 186 valence electrons. The van der Waals surface area contributed by atoms with Crippen molar-refractivity contribution in [2.24, 2.45) is 7.05 Å². The molecule has 4 rings (SSSR count). The third-order valence-electron chi connectivity index (χ3n) is 5.96. The number of ether oxygens (including phenoxy) is 1. The summed E-state index contributed by atoms with van der Waals surface area (Å²) >= 11 is 0. The van der Waals surface area contributed by atoms with Gasteiger partial charge in [-0.25, -0.2) is 26.9 Å². The molecule has 35 heavy (non-hydrogen) atoms. The quantitative estimate of drug-likeness (QED) is 0.429. The Bertz CT molecular complexity index is 1340. The van der Waals surface area contributed by atoms with Gasteiger partial charge in [0.2, 0.25) is 0 Å². The molecule has 3 aromatic rings. The van der Waals surface area contributed by atoms with Gasteiger partial charge in [0.15, 0.2) is 17.5 Å². The van der Waals surface area contributed by atoms with Crippen LogP contribution in [0.4, 0.5) is 18.9 Å². The van der Waals surface area contributed by atoms with E-state index in [1.807, 2.05) is 37.3 Å². The number of hydrogen-bond acceptors (Lipinski definition) is 4. The number of hydrogen-bond donors (Lipinski definition) is 3. The van der Waals surface area contributed by atoms with E-state index in [4.69, 9.17) is 9.52 Å². The van der Waals surface area contributed by atoms with Gasteiger partial charge in [-0.2, -0.15) is 0 Å². The molecule has 0 radical (unpaired) electrons. The zero-order chi connectivity index (χ0) is 25.3. The number of halogens is 3. The number of aromatic nitrogens is 1. The van der Waals surface area contributed by atoms with E-state index in [1.165, 1.54) is 10.8 Å². The van der Waals surface area contributed by atoms with Gasteiger partial charge in [-0.1, -0.05) is 30.3 Å². The number of rotatable bonds is 6. The molecule has 7 nitrogen and oxygen atoms in total. The van der Waals surface area contributed by atoms with Gasteiger partial charge in [0.25, 0.3) is 5.91 Å². The molecule has 0 saturated carbocycles. The molecule has 2 heterocycles. The predicted octanol–water partition coefficient (Wildman–Crippen LogP) is 4.53. The topological polar surface area (TPSA) is 96.2 Å². The molecule has 0 bridgehead atoms. The van der Waals surface area contributed by atoms with E-state index >= 15 is 0 Å². The number of carbonyl (C=O) groups is 1. The zero-order valence-electron chi connectivity index (χ0n) is 19.1. The summed E-state index contributed by atoms with van der Waals surface area (Å²) in [6.45, 7) is 2.18. The fraction of sp³-hybridized carbons (Fsp3) is 0.292. The van der Waals surface area contributed by atoms with Crippen LogP contribution in [0.3, 0.4) is 0 Å². The largest absolute Gasteiger partial charge is 0.372 e. The number of aryl methyl sites for hydroxylation is 1. The van der Waals surface area contributed by atoms with Crippen LogP contribution < -0.4 is 10.0 Å². The van der Waals surface area contributed by atoms with Gasteiger partial charge in [-0.05, 0) is 25.3 Å². The Hall–Kier alpha value is -3.15. The second kappa shape index (κ2) is 9.84. The summed E-state index contributed by atoms with van der Waals surface area (Å²) in [5.41, 5.74) is 1.22. The monoisotopic (exact) mass is 506 g/mol. The van der Waals surface area contributed by atoms with Crippen molar-refractivity contribution >= 4 is 21.5 Å². The maximum absolute atomic E-state index is 13.6. The van der Waals surface area contributed by atoms with E-state index in [0.29, 0.717) is 37.1 Å². The highest BCUT2D eigenvalue weighted by atomic mass is 32.2. The summed E-state index contributed by atoms with van der Waals surface area (Å²) in [7, 11) is -1.93. The predicted molar refractivity (Wildman–Crippen MR) is 125 cm³/mol. The van der Waals surface area contributed by atoms with Crippen LogP contribution in [0.25, 0.3) is 0 Å². The first-order chi connectivity index (χ1) is 16.6. The fourth-order valence-corrected chi connectivity index (χ4v) is 5.85. The molecule has 11 heteroatoms. The summed E-state index contributed by atoms with van der Waals surface area (Å²) in [4.78, 5) is 13.2. The maximum Gasteiger partial charge on any atom is 0.272 e. The molecule has 3 N–H and O–H groups in total. The van der Waals surface area contributed by atoms with E-state index in [0.717, 1.165) is 5.56 Å². The van der Waals surface area contributed by atoms with Crippen LogP contribution in [0.15, 0.2) is 53.6 Å². The van der Waals surface area contributed by atoms with Crippen molar-refractivity contribution in [2.45, 2.75) is 43.4 Å². The number of nitrogens with zero attached hydrogens (tertiary/aromatic N) is 1. The van der Waals surface area contributed by atoms with Gasteiger partial charge in [-0.3, -0.25) is 4.79 Å². The first-order valence-corrected chi connectivity index (χ1v) is 12.5. The number of amides is 1. The van der Waals surface area contributed by atoms with Crippen molar-refractivity contribution < 1.29 is 26.9 Å². The highest BCUT2D eigenvalue weighted by Gasteiger charge is 2.33. The van der Waals surface area contributed by atoms with Crippen LogP contribution in [0, 0.1) is 22.2 Å². The molecule has 0 fully saturated rings. The van der Waals surface area contributed by atoms with Gasteiger partial charge in [-0.15, -0.1) is 0 Å². The van der Waals surface area contributed by atoms with Gasteiger partial charge < -0.3 is 14.6 Å².